The summed E-state index contributed by atoms with van der Waals surface area (Å²) in [5.74, 6) is -0.796. The molecule has 0 saturated carbocycles. The van der Waals surface area contributed by atoms with Crippen molar-refractivity contribution in [2.24, 2.45) is 0 Å². The highest BCUT2D eigenvalue weighted by Gasteiger charge is 2.22. The van der Waals surface area contributed by atoms with Crippen molar-refractivity contribution in [2.75, 3.05) is 14.2 Å². The Morgan fingerprint density at radius 2 is 1.83 bits per heavy atom. The van der Waals surface area contributed by atoms with Gasteiger partial charge in [-0.15, -0.1) is 0 Å². The van der Waals surface area contributed by atoms with Crippen LogP contribution < -0.4 is 24.7 Å². The first kappa shape index (κ1) is 20.5. The maximum atomic E-state index is 13.1. The van der Waals surface area contributed by atoms with Crippen molar-refractivity contribution < 1.29 is 28.5 Å². The Kier molecular flexibility index (Phi) is 5.70. The molecule has 0 bridgehead atoms. The van der Waals surface area contributed by atoms with Crippen LogP contribution in [0.25, 0.3) is 22.3 Å². The van der Waals surface area contributed by atoms with Gasteiger partial charge in [0.25, 0.3) is 0 Å². The number of aryl methyl sites for hydroxylation is 1. The summed E-state index contributed by atoms with van der Waals surface area (Å²) in [6.07, 6.45) is -1.38. The molecule has 0 spiro atoms. The maximum Gasteiger partial charge on any atom is 0.235 e. The number of fused-ring (bicyclic) bond motifs is 1. The highest BCUT2D eigenvalue weighted by molar-refractivity contribution is 6.32. The molecule has 0 amide bonds. The van der Waals surface area contributed by atoms with Gasteiger partial charge in [-0.05, 0) is 49.7 Å². The van der Waals surface area contributed by atoms with Crippen molar-refractivity contribution in [2.45, 2.75) is 20.0 Å². The summed E-state index contributed by atoms with van der Waals surface area (Å²) in [5, 5.41) is 11.7. The molecule has 7 nitrogen and oxygen atoms in total. The predicted molar refractivity (Wildman–Crippen MR) is 106 cm³/mol. The summed E-state index contributed by atoms with van der Waals surface area (Å²) >= 11 is 6.14. The minimum absolute atomic E-state index is 0.0540. The van der Waals surface area contributed by atoms with E-state index in [4.69, 9.17) is 30.2 Å². The lowest BCUT2D eigenvalue weighted by Crippen LogP contribution is -2.38. The Hall–Kier alpha value is -3.19. The molecule has 0 aliphatic rings. The van der Waals surface area contributed by atoms with Gasteiger partial charge in [0.15, 0.2) is 17.3 Å². The summed E-state index contributed by atoms with van der Waals surface area (Å²) in [6.45, 7) is 3.04. The number of carbonyl (C=O) groups is 1. The summed E-state index contributed by atoms with van der Waals surface area (Å²) in [7, 11) is 2.97. The first-order chi connectivity index (χ1) is 13.8. The minimum atomic E-state index is -1.47. The van der Waals surface area contributed by atoms with Gasteiger partial charge in [-0.2, -0.15) is 0 Å². The number of aliphatic carboxylic acids is 1. The highest BCUT2D eigenvalue weighted by atomic mass is 35.5. The van der Waals surface area contributed by atoms with Gasteiger partial charge in [0.2, 0.25) is 11.2 Å². The first-order valence-corrected chi connectivity index (χ1v) is 9.01. The molecule has 1 aromatic heterocycles. The van der Waals surface area contributed by atoms with Crippen molar-refractivity contribution in [1.82, 2.24) is 0 Å². The van der Waals surface area contributed by atoms with Gasteiger partial charge in [-0.25, -0.2) is 0 Å². The Labute approximate surface area is 171 Å². The van der Waals surface area contributed by atoms with E-state index in [0.717, 1.165) is 5.56 Å². The molecule has 1 heterocycles. The Balaban J connectivity index is 2.32. The molecule has 2 aromatic carbocycles. The number of rotatable bonds is 6. The molecule has 0 radical (unpaired) electrons. The van der Waals surface area contributed by atoms with Gasteiger partial charge in [-0.3, -0.25) is 4.79 Å². The third kappa shape index (κ3) is 3.86. The molecule has 0 aliphatic carbocycles. The van der Waals surface area contributed by atoms with E-state index in [2.05, 4.69) is 0 Å². The number of benzene rings is 2. The summed E-state index contributed by atoms with van der Waals surface area (Å²) in [6, 6.07) is 7.98. The number of methoxy groups -OCH3 is 2. The van der Waals surface area contributed by atoms with E-state index in [1.165, 1.54) is 27.2 Å². The Morgan fingerprint density at radius 1 is 1.14 bits per heavy atom. The van der Waals surface area contributed by atoms with Crippen LogP contribution in [0.1, 0.15) is 12.5 Å². The lowest BCUT2D eigenvalue weighted by Gasteiger charge is -2.18. The summed E-state index contributed by atoms with van der Waals surface area (Å²) in [4.78, 5) is 24.3. The molecule has 1 atom stereocenters. The average molecular weight is 418 g/mol. The average Bonchev–Trinajstić information content (AvgIpc) is 2.70. The molecule has 0 fully saturated rings. The topological polar surface area (TPSA) is 98.0 Å². The number of carboxylic acid groups (broad SMARTS) is 1. The standard InChI is InChI=1S/C21H19ClO7/c1-10-7-16-13(9-14(10)22)18(23)20(28-11(2)21(24)25)19(29-16)12-5-6-15(26-3)17(8-12)27-4/h5-9,11H,1-4H3,(H,24,25)/p-1/t11-/m0/s1. The van der Waals surface area contributed by atoms with E-state index >= 15 is 0 Å². The zero-order valence-electron chi connectivity index (χ0n) is 16.2. The third-order valence-electron chi connectivity index (χ3n) is 4.40. The van der Waals surface area contributed by atoms with Crippen molar-refractivity contribution in [1.29, 1.82) is 0 Å². The molecular formula is C21H18ClO7-. The second kappa shape index (κ2) is 8.05. The van der Waals surface area contributed by atoms with Gasteiger partial charge in [0, 0.05) is 10.6 Å². The lowest BCUT2D eigenvalue weighted by molar-refractivity contribution is -0.312. The van der Waals surface area contributed by atoms with E-state index < -0.39 is 17.5 Å². The SMILES string of the molecule is COc1ccc(-c2oc3cc(C)c(Cl)cc3c(=O)c2O[C@@H](C)C(=O)[O-])cc1OC. The van der Waals surface area contributed by atoms with Crippen LogP contribution in [0.3, 0.4) is 0 Å². The van der Waals surface area contributed by atoms with Gasteiger partial charge in [-0.1, -0.05) is 11.6 Å². The molecule has 3 rings (SSSR count). The van der Waals surface area contributed by atoms with Crippen LogP contribution in [-0.2, 0) is 4.79 Å². The number of hydrogen-bond acceptors (Lipinski definition) is 7. The van der Waals surface area contributed by atoms with Gasteiger partial charge < -0.3 is 28.5 Å². The fraction of sp³-hybridized carbons (Fsp3) is 0.238. The quantitative estimate of drug-likeness (QED) is 0.608. The van der Waals surface area contributed by atoms with Crippen LogP contribution in [0.4, 0.5) is 0 Å². The van der Waals surface area contributed by atoms with Crippen LogP contribution in [0.2, 0.25) is 5.02 Å². The van der Waals surface area contributed by atoms with Crippen LogP contribution in [-0.4, -0.2) is 26.3 Å². The monoisotopic (exact) mass is 417 g/mol. The van der Waals surface area contributed by atoms with Crippen LogP contribution in [0, 0.1) is 6.92 Å². The normalized spacial score (nSPS) is 11.9. The van der Waals surface area contributed by atoms with E-state index in [-0.39, 0.29) is 22.5 Å². The van der Waals surface area contributed by atoms with Crippen molar-refractivity contribution in [3.8, 4) is 28.6 Å². The zero-order chi connectivity index (χ0) is 21.3. The molecule has 29 heavy (non-hydrogen) atoms. The number of ether oxygens (including phenoxy) is 3. The second-order valence-corrected chi connectivity index (χ2v) is 6.74. The van der Waals surface area contributed by atoms with Crippen molar-refractivity contribution >= 4 is 28.5 Å². The highest BCUT2D eigenvalue weighted by Crippen LogP contribution is 2.37. The summed E-state index contributed by atoms with van der Waals surface area (Å²) in [5.41, 5.74) is 0.897. The van der Waals surface area contributed by atoms with E-state index in [1.807, 2.05) is 0 Å². The van der Waals surface area contributed by atoms with E-state index in [9.17, 15) is 14.7 Å². The van der Waals surface area contributed by atoms with E-state index in [1.54, 1.807) is 31.2 Å². The van der Waals surface area contributed by atoms with Crippen LogP contribution in [0.5, 0.6) is 17.2 Å². The maximum absolute atomic E-state index is 13.1. The van der Waals surface area contributed by atoms with Crippen molar-refractivity contribution in [3.05, 3.63) is 51.1 Å². The van der Waals surface area contributed by atoms with E-state index in [0.29, 0.717) is 22.1 Å². The molecule has 0 aliphatic heterocycles. The molecule has 152 valence electrons. The lowest BCUT2D eigenvalue weighted by atomic mass is 10.1. The van der Waals surface area contributed by atoms with Gasteiger partial charge >= 0.3 is 0 Å². The number of carboxylic acids is 1. The smallest absolute Gasteiger partial charge is 0.235 e. The molecule has 0 saturated heterocycles. The minimum Gasteiger partial charge on any atom is -0.546 e. The molecule has 0 unspecified atom stereocenters. The fourth-order valence-electron chi connectivity index (χ4n) is 2.80. The third-order valence-corrected chi connectivity index (χ3v) is 4.81. The first-order valence-electron chi connectivity index (χ1n) is 8.63. The zero-order valence-corrected chi connectivity index (χ0v) is 17.0. The molecule has 3 aromatic rings. The number of carbonyl (C=O) groups excluding carboxylic acids is 1. The Bertz CT molecular complexity index is 1150. The molecular weight excluding hydrogens is 400 g/mol. The molecule has 0 N–H and O–H groups in total. The molecule has 8 heteroatoms. The fourth-order valence-corrected chi connectivity index (χ4v) is 2.96. The number of hydrogen-bond donors (Lipinski definition) is 0. The second-order valence-electron chi connectivity index (χ2n) is 6.34. The van der Waals surface area contributed by atoms with Gasteiger partial charge in [0.1, 0.15) is 11.7 Å². The van der Waals surface area contributed by atoms with Crippen LogP contribution in [0.15, 0.2) is 39.5 Å². The Morgan fingerprint density at radius 3 is 2.45 bits per heavy atom. The van der Waals surface area contributed by atoms with Crippen LogP contribution >= 0.6 is 11.6 Å². The van der Waals surface area contributed by atoms with Crippen molar-refractivity contribution in [3.63, 3.8) is 0 Å². The number of halogens is 1. The summed E-state index contributed by atoms with van der Waals surface area (Å²) < 4.78 is 21.9. The largest absolute Gasteiger partial charge is 0.546 e. The predicted octanol–water partition coefficient (Wildman–Crippen LogP) is 2.96. The van der Waals surface area contributed by atoms with Gasteiger partial charge in [0.05, 0.1) is 25.6 Å².